The molecule has 0 radical (unpaired) electrons. The number of guanidine groups is 1. The van der Waals surface area contributed by atoms with Crippen LogP contribution in [0.5, 0.6) is 0 Å². The molecule has 0 spiro atoms. The summed E-state index contributed by atoms with van der Waals surface area (Å²) in [6.07, 6.45) is 0. The van der Waals surface area contributed by atoms with E-state index >= 15 is 0 Å². The molecule has 40 valence electrons. The van der Waals surface area contributed by atoms with E-state index in [2.05, 4.69) is 15.2 Å². The van der Waals surface area contributed by atoms with Crippen molar-refractivity contribution < 1.29 is 4.84 Å². The van der Waals surface area contributed by atoms with E-state index in [1.54, 1.807) is 0 Å². The minimum atomic E-state index is -0.400. The minimum absolute atomic E-state index is 0.400. The molecule has 0 aliphatic heterocycles. The largest absolute Gasteiger partial charge is 0.396 e. The maximum Gasteiger partial charge on any atom is 0.297 e. The zero-order chi connectivity index (χ0) is 5.70. The first kappa shape index (κ1) is 5.87. The van der Waals surface area contributed by atoms with Crippen LogP contribution in [-0.2, 0) is 4.84 Å². The van der Waals surface area contributed by atoms with Gasteiger partial charge in [-0.25, -0.2) is 0 Å². The molecule has 0 rings (SSSR count). The molecule has 0 saturated carbocycles. The van der Waals surface area contributed by atoms with E-state index in [1.165, 1.54) is 7.11 Å². The minimum Gasteiger partial charge on any atom is -0.396 e. The van der Waals surface area contributed by atoms with Crippen LogP contribution in [0.3, 0.4) is 0 Å². The van der Waals surface area contributed by atoms with Gasteiger partial charge >= 0.3 is 0 Å². The highest BCUT2D eigenvalue weighted by atomic mass is 16.6. The Morgan fingerprint density at radius 1 is 1.86 bits per heavy atom. The SMILES string of the molecule is CON=C(N)N=O. The average molecular weight is 103 g/mol. The number of nitrogens with zero attached hydrogens (tertiary/aromatic N) is 2. The molecule has 0 aliphatic carbocycles. The maximum absolute atomic E-state index is 9.31. The quantitative estimate of drug-likeness (QED) is 0.213. The molecule has 0 heterocycles. The van der Waals surface area contributed by atoms with Gasteiger partial charge in [0.1, 0.15) is 7.11 Å². The topological polar surface area (TPSA) is 77.0 Å². The fourth-order valence-corrected chi connectivity index (χ4v) is 0.110. The molecule has 0 saturated heterocycles. The predicted molar refractivity (Wildman–Crippen MR) is 24.4 cm³/mol. The molecule has 5 heteroatoms. The van der Waals surface area contributed by atoms with E-state index in [0.717, 1.165) is 0 Å². The Balaban J connectivity index is 3.49. The molecular formula is C2H5N3O2. The van der Waals surface area contributed by atoms with Crippen LogP contribution < -0.4 is 5.73 Å². The summed E-state index contributed by atoms with van der Waals surface area (Å²) in [5, 5.41) is 5.19. The average Bonchev–Trinajstić information content (AvgIpc) is 1.68. The Kier molecular flexibility index (Phi) is 2.58. The summed E-state index contributed by atoms with van der Waals surface area (Å²) in [6, 6.07) is 0. The van der Waals surface area contributed by atoms with E-state index in [1.807, 2.05) is 0 Å². The van der Waals surface area contributed by atoms with Crippen LogP contribution in [0.1, 0.15) is 0 Å². The lowest BCUT2D eigenvalue weighted by Gasteiger charge is -1.81. The summed E-state index contributed by atoms with van der Waals surface area (Å²) in [5.41, 5.74) is 4.73. The second kappa shape index (κ2) is 3.08. The van der Waals surface area contributed by atoms with Crippen molar-refractivity contribution in [2.24, 2.45) is 16.1 Å². The highest BCUT2D eigenvalue weighted by Crippen LogP contribution is 1.68. The van der Waals surface area contributed by atoms with Crippen molar-refractivity contribution in [1.29, 1.82) is 0 Å². The van der Waals surface area contributed by atoms with Gasteiger partial charge in [0.15, 0.2) is 0 Å². The van der Waals surface area contributed by atoms with Crippen molar-refractivity contribution >= 4 is 5.96 Å². The Morgan fingerprint density at radius 2 is 2.43 bits per heavy atom. The summed E-state index contributed by atoms with van der Waals surface area (Å²) in [5.74, 6) is -0.400. The summed E-state index contributed by atoms with van der Waals surface area (Å²) in [7, 11) is 1.28. The highest BCUT2D eigenvalue weighted by Gasteiger charge is 1.81. The van der Waals surface area contributed by atoms with Crippen LogP contribution in [0.4, 0.5) is 0 Å². The zero-order valence-corrected chi connectivity index (χ0v) is 3.79. The molecule has 0 aromatic carbocycles. The van der Waals surface area contributed by atoms with Crippen LogP contribution >= 0.6 is 0 Å². The van der Waals surface area contributed by atoms with Crippen LogP contribution in [0.25, 0.3) is 0 Å². The third kappa shape index (κ3) is 2.68. The van der Waals surface area contributed by atoms with E-state index in [9.17, 15) is 4.91 Å². The molecule has 5 nitrogen and oxygen atoms in total. The Bertz CT molecular complexity index is 88.9. The normalized spacial score (nSPS) is 10.7. The second-order valence-electron chi connectivity index (χ2n) is 0.723. The first-order chi connectivity index (χ1) is 3.31. The number of hydrogen-bond acceptors (Lipinski definition) is 3. The van der Waals surface area contributed by atoms with Crippen molar-refractivity contribution in [1.82, 2.24) is 0 Å². The van der Waals surface area contributed by atoms with Gasteiger partial charge in [-0.3, -0.25) is 0 Å². The molecule has 0 fully saturated rings. The van der Waals surface area contributed by atoms with Crippen molar-refractivity contribution in [2.45, 2.75) is 0 Å². The molecule has 0 aromatic rings. The van der Waals surface area contributed by atoms with Gasteiger partial charge in [0.05, 0.1) is 0 Å². The first-order valence-electron chi connectivity index (χ1n) is 1.51. The molecule has 0 aliphatic rings. The van der Waals surface area contributed by atoms with E-state index < -0.39 is 5.96 Å². The second-order valence-corrected chi connectivity index (χ2v) is 0.723. The number of hydrogen-bond donors (Lipinski definition) is 1. The van der Waals surface area contributed by atoms with E-state index in [4.69, 9.17) is 5.73 Å². The van der Waals surface area contributed by atoms with Crippen LogP contribution in [0.2, 0.25) is 0 Å². The van der Waals surface area contributed by atoms with Gasteiger partial charge in [-0.05, 0) is 5.16 Å². The van der Waals surface area contributed by atoms with Crippen molar-refractivity contribution in [3.8, 4) is 0 Å². The van der Waals surface area contributed by atoms with Gasteiger partial charge in [-0.2, -0.15) is 0 Å². The van der Waals surface area contributed by atoms with Gasteiger partial charge in [-0.1, -0.05) is 0 Å². The molecular weight excluding hydrogens is 98.0 g/mol. The van der Waals surface area contributed by atoms with Gasteiger partial charge in [-0.15, -0.1) is 4.91 Å². The third-order valence-corrected chi connectivity index (χ3v) is 0.278. The smallest absolute Gasteiger partial charge is 0.297 e. The summed E-state index contributed by atoms with van der Waals surface area (Å²) in [6.45, 7) is 0. The lowest BCUT2D eigenvalue weighted by atomic mass is 11.1. The molecule has 0 amide bonds. The van der Waals surface area contributed by atoms with Gasteiger partial charge in [0.25, 0.3) is 5.96 Å². The van der Waals surface area contributed by atoms with Gasteiger partial charge in [0, 0.05) is 5.18 Å². The zero-order valence-electron chi connectivity index (χ0n) is 3.79. The molecule has 7 heavy (non-hydrogen) atoms. The van der Waals surface area contributed by atoms with E-state index in [-0.39, 0.29) is 0 Å². The van der Waals surface area contributed by atoms with Gasteiger partial charge < -0.3 is 10.6 Å². The molecule has 0 atom stereocenters. The van der Waals surface area contributed by atoms with Crippen molar-refractivity contribution in [3.63, 3.8) is 0 Å². The highest BCUT2D eigenvalue weighted by molar-refractivity contribution is 5.77. The fraction of sp³-hybridized carbons (Fsp3) is 0.500. The van der Waals surface area contributed by atoms with Crippen molar-refractivity contribution in [2.75, 3.05) is 7.11 Å². The molecule has 2 N–H and O–H groups in total. The standard InChI is InChI=1S/C2H5N3O2/c1-7-5-2(3)4-6/h1H3,(H2,3,5). The lowest BCUT2D eigenvalue weighted by molar-refractivity contribution is 0.212. The lowest BCUT2D eigenvalue weighted by Crippen LogP contribution is -2.06. The van der Waals surface area contributed by atoms with Crippen LogP contribution in [-0.4, -0.2) is 13.1 Å². The maximum atomic E-state index is 9.31. The number of nitrogens with two attached hydrogens (primary N) is 1. The summed E-state index contributed by atoms with van der Waals surface area (Å²) < 4.78 is 0. The number of oxime groups is 1. The van der Waals surface area contributed by atoms with Crippen LogP contribution in [0, 0.1) is 4.91 Å². The molecule has 0 bridgehead atoms. The molecule has 0 unspecified atom stereocenters. The predicted octanol–water partition coefficient (Wildman–Crippen LogP) is -0.371. The molecule has 0 aromatic heterocycles. The Morgan fingerprint density at radius 3 is 2.57 bits per heavy atom. The van der Waals surface area contributed by atoms with Gasteiger partial charge in [0.2, 0.25) is 0 Å². The fourth-order valence-electron chi connectivity index (χ4n) is 0.110. The van der Waals surface area contributed by atoms with E-state index in [0.29, 0.717) is 0 Å². The van der Waals surface area contributed by atoms with Crippen molar-refractivity contribution in [3.05, 3.63) is 4.91 Å². The first-order valence-corrected chi connectivity index (χ1v) is 1.51. The Labute approximate surface area is 40.1 Å². The monoisotopic (exact) mass is 103 g/mol. The third-order valence-electron chi connectivity index (χ3n) is 0.278. The Hall–Kier alpha value is -1.13. The summed E-state index contributed by atoms with van der Waals surface area (Å²) in [4.78, 5) is 13.4. The number of nitroso groups, excluding NO2 is 1. The summed E-state index contributed by atoms with van der Waals surface area (Å²) >= 11 is 0. The number of rotatable bonds is 1. The van der Waals surface area contributed by atoms with Crippen LogP contribution in [0.15, 0.2) is 10.3 Å².